The summed E-state index contributed by atoms with van der Waals surface area (Å²) in [6.45, 7) is -0.558. The van der Waals surface area contributed by atoms with Gasteiger partial charge in [0.05, 0.1) is 13.8 Å². The van der Waals surface area contributed by atoms with Gasteiger partial charge in [-0.05, 0) is 24.6 Å². The van der Waals surface area contributed by atoms with E-state index in [4.69, 9.17) is 10.5 Å². The summed E-state index contributed by atoms with van der Waals surface area (Å²) in [4.78, 5) is 0. The van der Waals surface area contributed by atoms with E-state index in [9.17, 15) is 8.78 Å². The molecule has 0 unspecified atom stereocenters. The van der Waals surface area contributed by atoms with Gasteiger partial charge in [0.2, 0.25) is 0 Å². The van der Waals surface area contributed by atoms with Gasteiger partial charge < -0.3 is 10.5 Å². The number of hydrogen-bond donors (Lipinski definition) is 1. The highest BCUT2D eigenvalue weighted by Crippen LogP contribution is 2.23. The first kappa shape index (κ1) is 10.9. The van der Waals surface area contributed by atoms with E-state index in [1.54, 1.807) is 0 Å². The Morgan fingerprint density at radius 3 is 2.79 bits per heavy atom. The van der Waals surface area contributed by atoms with Gasteiger partial charge in [0.25, 0.3) is 0 Å². The number of ether oxygens (including phenoxy) is 1. The number of methoxy groups -OCH3 is 1. The van der Waals surface area contributed by atoms with Crippen LogP contribution in [-0.2, 0) is 0 Å². The summed E-state index contributed by atoms with van der Waals surface area (Å²) in [5.74, 6) is 0.0995. The molecule has 0 aliphatic rings. The van der Waals surface area contributed by atoms with Crippen molar-refractivity contribution in [3.8, 4) is 5.75 Å². The highest BCUT2D eigenvalue weighted by molar-refractivity contribution is 5.31. The summed E-state index contributed by atoms with van der Waals surface area (Å²) in [7, 11) is 1.48. The molecule has 0 aromatic heterocycles. The second-order valence-corrected chi connectivity index (χ2v) is 2.97. The van der Waals surface area contributed by atoms with Crippen LogP contribution in [-0.4, -0.2) is 13.8 Å². The van der Waals surface area contributed by atoms with Crippen LogP contribution in [0.5, 0.6) is 5.75 Å². The molecule has 78 valence electrons. The summed E-state index contributed by atoms with van der Waals surface area (Å²) in [5.41, 5.74) is 5.89. The van der Waals surface area contributed by atoms with Crippen LogP contribution in [0.25, 0.3) is 0 Å². The molecule has 0 aliphatic heterocycles. The lowest BCUT2D eigenvalue weighted by Crippen LogP contribution is -2.12. The van der Waals surface area contributed by atoms with E-state index >= 15 is 0 Å². The molecule has 2 N–H and O–H groups in total. The van der Waals surface area contributed by atoms with Crippen LogP contribution in [0.3, 0.4) is 0 Å². The molecule has 0 amide bonds. The number of rotatable bonds is 4. The Hall–Kier alpha value is -1.16. The third kappa shape index (κ3) is 2.42. The van der Waals surface area contributed by atoms with Crippen molar-refractivity contribution >= 4 is 0 Å². The Kier molecular flexibility index (Phi) is 3.83. The van der Waals surface area contributed by atoms with E-state index < -0.39 is 18.5 Å². The fraction of sp³-hybridized carbons (Fsp3) is 0.400. The van der Waals surface area contributed by atoms with Gasteiger partial charge in [0.15, 0.2) is 0 Å². The summed E-state index contributed by atoms with van der Waals surface area (Å²) >= 11 is 0. The second kappa shape index (κ2) is 4.91. The predicted molar refractivity (Wildman–Crippen MR) is 50.5 cm³/mol. The molecule has 0 spiro atoms. The molecule has 0 bridgehead atoms. The molecular formula is C10H13F2NO. The average Bonchev–Trinajstić information content (AvgIpc) is 2.19. The van der Waals surface area contributed by atoms with Crippen molar-refractivity contribution in [2.24, 2.45) is 5.73 Å². The lowest BCUT2D eigenvalue weighted by atomic mass is 10.0. The lowest BCUT2D eigenvalue weighted by Gasteiger charge is -2.12. The largest absolute Gasteiger partial charge is 0.497 e. The third-order valence-electron chi connectivity index (χ3n) is 2.02. The zero-order chi connectivity index (χ0) is 10.6. The lowest BCUT2D eigenvalue weighted by molar-refractivity contribution is 0.408. The summed E-state index contributed by atoms with van der Waals surface area (Å²) in [5, 5.41) is 0. The first-order valence-electron chi connectivity index (χ1n) is 4.34. The van der Waals surface area contributed by atoms with Gasteiger partial charge in [0, 0.05) is 11.6 Å². The van der Waals surface area contributed by atoms with Gasteiger partial charge in [0.1, 0.15) is 11.6 Å². The maximum Gasteiger partial charge on any atom is 0.128 e. The van der Waals surface area contributed by atoms with Crippen molar-refractivity contribution < 1.29 is 13.5 Å². The Morgan fingerprint density at radius 1 is 1.50 bits per heavy atom. The van der Waals surface area contributed by atoms with Crippen LogP contribution in [0.1, 0.15) is 18.0 Å². The van der Waals surface area contributed by atoms with Crippen LogP contribution in [0.4, 0.5) is 8.78 Å². The SMILES string of the molecule is COc1ccc(F)c([C@@H](N)CCF)c1. The number of alkyl halides is 1. The van der Waals surface area contributed by atoms with Crippen molar-refractivity contribution in [3.63, 3.8) is 0 Å². The van der Waals surface area contributed by atoms with Crippen molar-refractivity contribution in [1.29, 1.82) is 0 Å². The van der Waals surface area contributed by atoms with E-state index in [1.165, 1.54) is 25.3 Å². The van der Waals surface area contributed by atoms with Crippen molar-refractivity contribution in [3.05, 3.63) is 29.6 Å². The van der Waals surface area contributed by atoms with Gasteiger partial charge in [-0.1, -0.05) is 0 Å². The predicted octanol–water partition coefficient (Wildman–Crippen LogP) is 2.19. The zero-order valence-corrected chi connectivity index (χ0v) is 7.97. The van der Waals surface area contributed by atoms with E-state index in [-0.39, 0.29) is 6.42 Å². The summed E-state index contributed by atoms with van der Waals surface area (Å²) in [6.07, 6.45) is 0.115. The molecule has 1 aromatic carbocycles. The number of halogens is 2. The maximum atomic E-state index is 13.2. The first-order chi connectivity index (χ1) is 6.69. The second-order valence-electron chi connectivity index (χ2n) is 2.97. The molecular weight excluding hydrogens is 188 g/mol. The van der Waals surface area contributed by atoms with E-state index in [0.29, 0.717) is 11.3 Å². The van der Waals surface area contributed by atoms with Crippen LogP contribution >= 0.6 is 0 Å². The molecule has 1 atom stereocenters. The number of hydrogen-bond acceptors (Lipinski definition) is 2. The fourth-order valence-electron chi connectivity index (χ4n) is 1.21. The zero-order valence-electron chi connectivity index (χ0n) is 7.97. The fourth-order valence-corrected chi connectivity index (χ4v) is 1.21. The standard InChI is InChI=1S/C10H13F2NO/c1-14-7-2-3-9(12)8(6-7)10(13)4-5-11/h2-3,6,10H,4-5,13H2,1H3/t10-/m0/s1. The number of benzene rings is 1. The van der Waals surface area contributed by atoms with E-state index in [0.717, 1.165) is 0 Å². The summed E-state index contributed by atoms with van der Waals surface area (Å²) in [6, 6.07) is 3.65. The molecule has 0 aliphatic carbocycles. The minimum Gasteiger partial charge on any atom is -0.497 e. The van der Waals surface area contributed by atoms with Crippen molar-refractivity contribution in [1.82, 2.24) is 0 Å². The van der Waals surface area contributed by atoms with E-state index in [2.05, 4.69) is 0 Å². The Bertz CT molecular complexity index is 304. The third-order valence-corrected chi connectivity index (χ3v) is 2.02. The molecule has 0 saturated carbocycles. The molecule has 0 radical (unpaired) electrons. The van der Waals surface area contributed by atoms with Crippen molar-refractivity contribution in [2.45, 2.75) is 12.5 Å². The molecule has 1 aromatic rings. The molecule has 14 heavy (non-hydrogen) atoms. The number of nitrogens with two attached hydrogens (primary N) is 1. The minimum absolute atomic E-state index is 0.115. The van der Waals surface area contributed by atoms with Crippen LogP contribution in [0, 0.1) is 5.82 Å². The van der Waals surface area contributed by atoms with Gasteiger partial charge in [-0.25, -0.2) is 4.39 Å². The highest BCUT2D eigenvalue weighted by Gasteiger charge is 2.12. The monoisotopic (exact) mass is 201 g/mol. The molecule has 0 saturated heterocycles. The van der Waals surface area contributed by atoms with Gasteiger partial charge >= 0.3 is 0 Å². The van der Waals surface area contributed by atoms with Gasteiger partial charge in [-0.3, -0.25) is 4.39 Å². The van der Waals surface area contributed by atoms with E-state index in [1.807, 2.05) is 0 Å². The maximum absolute atomic E-state index is 13.2. The van der Waals surface area contributed by atoms with Gasteiger partial charge in [-0.2, -0.15) is 0 Å². The molecule has 0 fully saturated rings. The smallest absolute Gasteiger partial charge is 0.128 e. The first-order valence-corrected chi connectivity index (χ1v) is 4.34. The van der Waals surface area contributed by atoms with Crippen LogP contribution in [0.2, 0.25) is 0 Å². The molecule has 4 heteroatoms. The molecule has 1 rings (SSSR count). The van der Waals surface area contributed by atoms with Crippen molar-refractivity contribution in [2.75, 3.05) is 13.8 Å². The normalized spacial score (nSPS) is 12.6. The molecule has 0 heterocycles. The van der Waals surface area contributed by atoms with Crippen LogP contribution < -0.4 is 10.5 Å². The van der Waals surface area contributed by atoms with Gasteiger partial charge in [-0.15, -0.1) is 0 Å². The van der Waals surface area contributed by atoms with Crippen LogP contribution in [0.15, 0.2) is 18.2 Å². The molecule has 2 nitrogen and oxygen atoms in total. The topological polar surface area (TPSA) is 35.2 Å². The highest BCUT2D eigenvalue weighted by atomic mass is 19.1. The summed E-state index contributed by atoms with van der Waals surface area (Å²) < 4.78 is 30.2. The Labute approximate surface area is 81.7 Å². The Balaban J connectivity index is 2.93. The quantitative estimate of drug-likeness (QED) is 0.810. The Morgan fingerprint density at radius 2 is 2.21 bits per heavy atom. The average molecular weight is 201 g/mol. The minimum atomic E-state index is -0.616.